The summed E-state index contributed by atoms with van der Waals surface area (Å²) in [5.41, 5.74) is -1.98. The van der Waals surface area contributed by atoms with Crippen molar-refractivity contribution in [2.45, 2.75) is 22.8 Å². The van der Waals surface area contributed by atoms with Gasteiger partial charge in [0.2, 0.25) is 11.5 Å². The van der Waals surface area contributed by atoms with Crippen LogP contribution >= 0.6 is 23.5 Å². The topological polar surface area (TPSA) is 67.1 Å². The number of carbonyl (C=O) groups is 1. The van der Waals surface area contributed by atoms with E-state index in [4.69, 9.17) is 0 Å². The number of hydrogen-bond acceptors (Lipinski definition) is 5. The zero-order chi connectivity index (χ0) is 19.7. The first-order chi connectivity index (χ1) is 12.7. The van der Waals surface area contributed by atoms with Gasteiger partial charge >= 0.3 is 6.18 Å². The molecule has 1 saturated heterocycles. The summed E-state index contributed by atoms with van der Waals surface area (Å²) in [7, 11) is 1.33. The van der Waals surface area contributed by atoms with Gasteiger partial charge in [0.05, 0.1) is 11.0 Å². The molecule has 3 rings (SSSR count). The summed E-state index contributed by atoms with van der Waals surface area (Å²) in [6.07, 6.45) is -3.81. The van der Waals surface area contributed by atoms with E-state index in [0.717, 1.165) is 27.8 Å². The number of imidazole rings is 1. The van der Waals surface area contributed by atoms with Crippen LogP contribution in [0, 0.1) is 0 Å². The van der Waals surface area contributed by atoms with Gasteiger partial charge in [0.15, 0.2) is 5.82 Å². The lowest BCUT2D eigenvalue weighted by atomic mass is 9.97. The Morgan fingerprint density at radius 3 is 2.67 bits per heavy atom. The maximum Gasteiger partial charge on any atom is 0.425 e. The molecule has 0 spiro atoms. The number of benzene rings is 1. The molecule has 0 bridgehead atoms. The minimum atomic E-state index is -5.05. The van der Waals surface area contributed by atoms with Crippen molar-refractivity contribution in [2.75, 3.05) is 16.8 Å². The molecule has 5 nitrogen and oxygen atoms in total. The molecule has 10 heteroatoms. The molecule has 1 aromatic carbocycles. The molecule has 0 saturated carbocycles. The SMILES string of the molecule is Cn1ccnc1C(O)(CC(=O)Nc1cccc(C2SCCS2)c1)C(F)(F)F. The van der Waals surface area contributed by atoms with Gasteiger partial charge in [-0.25, -0.2) is 4.98 Å². The smallest absolute Gasteiger partial charge is 0.374 e. The van der Waals surface area contributed by atoms with Crippen molar-refractivity contribution in [3.05, 3.63) is 48.0 Å². The molecule has 146 valence electrons. The summed E-state index contributed by atoms with van der Waals surface area (Å²) in [6, 6.07) is 7.03. The molecule has 2 N–H and O–H groups in total. The van der Waals surface area contributed by atoms with Crippen molar-refractivity contribution < 1.29 is 23.1 Å². The fraction of sp³-hybridized carbons (Fsp3) is 0.412. The lowest BCUT2D eigenvalue weighted by molar-refractivity contribution is -0.270. The Morgan fingerprint density at radius 2 is 2.07 bits per heavy atom. The zero-order valence-electron chi connectivity index (χ0n) is 14.4. The van der Waals surface area contributed by atoms with Crippen LogP contribution in [0.1, 0.15) is 22.4 Å². The van der Waals surface area contributed by atoms with Crippen molar-refractivity contribution in [1.29, 1.82) is 0 Å². The fourth-order valence-electron chi connectivity index (χ4n) is 2.82. The number of thioether (sulfide) groups is 2. The number of aryl methyl sites for hydroxylation is 1. The van der Waals surface area contributed by atoms with E-state index in [1.807, 2.05) is 6.07 Å². The van der Waals surface area contributed by atoms with Crippen LogP contribution in [-0.2, 0) is 17.4 Å². The fourth-order valence-corrected chi connectivity index (χ4v) is 5.66. The first kappa shape index (κ1) is 20.1. The van der Waals surface area contributed by atoms with E-state index in [-0.39, 0.29) is 4.58 Å². The number of nitrogens with zero attached hydrogens (tertiary/aromatic N) is 2. The third-order valence-electron chi connectivity index (χ3n) is 4.14. The molecule has 1 fully saturated rings. The van der Waals surface area contributed by atoms with E-state index in [0.29, 0.717) is 5.69 Å². The van der Waals surface area contributed by atoms with Crippen LogP contribution in [0.4, 0.5) is 18.9 Å². The number of aliphatic hydroxyl groups is 1. The van der Waals surface area contributed by atoms with Crippen molar-refractivity contribution in [3.63, 3.8) is 0 Å². The second-order valence-electron chi connectivity index (χ2n) is 6.14. The molecule has 1 aromatic heterocycles. The predicted molar refractivity (Wildman–Crippen MR) is 101 cm³/mol. The molecule has 1 atom stereocenters. The number of carbonyl (C=O) groups excluding carboxylic acids is 1. The number of anilines is 1. The van der Waals surface area contributed by atoms with Gasteiger partial charge in [0.1, 0.15) is 0 Å². The monoisotopic (exact) mass is 417 g/mol. The van der Waals surface area contributed by atoms with Crippen molar-refractivity contribution >= 4 is 35.1 Å². The minimum absolute atomic E-state index is 0.251. The number of hydrogen-bond donors (Lipinski definition) is 2. The molecule has 2 aromatic rings. The highest BCUT2D eigenvalue weighted by Crippen LogP contribution is 2.45. The van der Waals surface area contributed by atoms with Crippen molar-refractivity contribution in [2.24, 2.45) is 7.05 Å². The summed E-state index contributed by atoms with van der Waals surface area (Å²) in [4.78, 5) is 15.9. The van der Waals surface area contributed by atoms with Crippen LogP contribution < -0.4 is 5.32 Å². The standard InChI is InChI=1S/C17H18F3N3O2S2/c1-23-6-5-21-15(23)16(25,17(18,19)20)10-13(24)22-12-4-2-3-11(9-12)14-26-7-8-27-14/h2-6,9,14,25H,7-8,10H2,1H3,(H,22,24). The molecule has 2 heterocycles. The van der Waals surface area contributed by atoms with E-state index in [1.165, 1.54) is 13.2 Å². The normalized spacial score (nSPS) is 17.7. The second-order valence-corrected chi connectivity index (χ2v) is 8.87. The average molecular weight is 417 g/mol. The number of halogens is 3. The average Bonchev–Trinajstić information content (AvgIpc) is 3.25. The third kappa shape index (κ3) is 4.27. The molecule has 1 aliphatic rings. The molecule has 1 unspecified atom stereocenters. The first-order valence-corrected chi connectivity index (χ1v) is 10.2. The van der Waals surface area contributed by atoms with Gasteiger partial charge in [-0.2, -0.15) is 13.2 Å². The van der Waals surface area contributed by atoms with Crippen LogP contribution in [0.15, 0.2) is 36.7 Å². The van der Waals surface area contributed by atoms with Crippen molar-refractivity contribution in [3.8, 4) is 0 Å². The summed E-state index contributed by atoms with van der Waals surface area (Å²) in [5, 5.41) is 12.7. The summed E-state index contributed by atoms with van der Waals surface area (Å²) in [5.74, 6) is 0.502. The van der Waals surface area contributed by atoms with Gasteiger partial charge in [0, 0.05) is 36.6 Å². The van der Waals surface area contributed by atoms with E-state index in [9.17, 15) is 23.1 Å². The van der Waals surface area contributed by atoms with Crippen LogP contribution in [0.25, 0.3) is 0 Å². The van der Waals surface area contributed by atoms with Crippen LogP contribution in [0.2, 0.25) is 0 Å². The van der Waals surface area contributed by atoms with Gasteiger partial charge in [-0.3, -0.25) is 4.79 Å². The molecular weight excluding hydrogens is 399 g/mol. The molecular formula is C17H18F3N3O2S2. The largest absolute Gasteiger partial charge is 0.425 e. The third-order valence-corrected chi connectivity index (χ3v) is 7.25. The summed E-state index contributed by atoms with van der Waals surface area (Å²) < 4.78 is 41.9. The number of amides is 1. The summed E-state index contributed by atoms with van der Waals surface area (Å²) >= 11 is 3.57. The predicted octanol–water partition coefficient (Wildman–Crippen LogP) is 3.68. The number of aromatic nitrogens is 2. The highest BCUT2D eigenvalue weighted by molar-refractivity contribution is 8.19. The van der Waals surface area contributed by atoms with Gasteiger partial charge in [0.25, 0.3) is 0 Å². The maximum absolute atomic E-state index is 13.5. The Kier molecular flexibility index (Phi) is 5.78. The number of alkyl halides is 3. The van der Waals surface area contributed by atoms with Crippen LogP contribution in [-0.4, -0.2) is 38.2 Å². The van der Waals surface area contributed by atoms with E-state index < -0.39 is 29.9 Å². The highest BCUT2D eigenvalue weighted by Gasteiger charge is 2.58. The molecule has 1 aliphatic heterocycles. The Hall–Kier alpha value is -1.65. The quantitative estimate of drug-likeness (QED) is 0.777. The van der Waals surface area contributed by atoms with Crippen LogP contribution in [0.5, 0.6) is 0 Å². The number of rotatable bonds is 5. The number of nitrogens with one attached hydrogen (secondary N) is 1. The van der Waals surface area contributed by atoms with Gasteiger partial charge in [-0.15, -0.1) is 23.5 Å². The Morgan fingerprint density at radius 1 is 1.37 bits per heavy atom. The Balaban J connectivity index is 1.77. The lowest BCUT2D eigenvalue weighted by Crippen LogP contribution is -2.46. The van der Waals surface area contributed by atoms with Crippen LogP contribution in [0.3, 0.4) is 0 Å². The van der Waals surface area contributed by atoms with Gasteiger partial charge < -0.3 is 15.0 Å². The molecule has 1 amide bonds. The molecule has 0 aliphatic carbocycles. The Labute approximate surface area is 162 Å². The van der Waals surface area contributed by atoms with Gasteiger partial charge in [-0.1, -0.05) is 12.1 Å². The second kappa shape index (κ2) is 7.76. The Bertz CT molecular complexity index is 822. The van der Waals surface area contributed by atoms with Crippen molar-refractivity contribution in [1.82, 2.24) is 9.55 Å². The summed E-state index contributed by atoms with van der Waals surface area (Å²) in [6.45, 7) is 0. The zero-order valence-corrected chi connectivity index (χ0v) is 16.0. The van der Waals surface area contributed by atoms with E-state index in [1.54, 1.807) is 41.7 Å². The molecule has 0 radical (unpaired) electrons. The van der Waals surface area contributed by atoms with E-state index in [2.05, 4.69) is 10.3 Å². The molecule has 27 heavy (non-hydrogen) atoms. The highest BCUT2D eigenvalue weighted by atomic mass is 32.2. The lowest BCUT2D eigenvalue weighted by Gasteiger charge is -2.29. The first-order valence-electron chi connectivity index (χ1n) is 8.10. The van der Waals surface area contributed by atoms with E-state index >= 15 is 0 Å². The minimum Gasteiger partial charge on any atom is -0.374 e. The van der Waals surface area contributed by atoms with Gasteiger partial charge in [-0.05, 0) is 17.7 Å². The maximum atomic E-state index is 13.5.